The van der Waals surface area contributed by atoms with Crippen LogP contribution < -0.4 is 0 Å². The summed E-state index contributed by atoms with van der Waals surface area (Å²) in [4.78, 5) is 0. The number of hydrogen-bond acceptors (Lipinski definition) is 0. The minimum Gasteiger partial charge on any atom is -0.137 e. The maximum absolute atomic E-state index is 4.19. The molecular weight excluding hydrogens is 247 g/mol. The Morgan fingerprint density at radius 1 is 1.37 bits per heavy atom. The zero-order valence-corrected chi connectivity index (χ0v) is 13.6. The molecule has 0 aliphatic heterocycles. The van der Waals surface area contributed by atoms with E-state index in [2.05, 4.69) is 41.8 Å². The van der Waals surface area contributed by atoms with Gasteiger partial charge in [-0.05, 0) is 72.6 Å². The van der Waals surface area contributed by atoms with Crippen LogP contribution in [0.3, 0.4) is 0 Å². The molecule has 2 saturated carbocycles. The zero-order valence-electron chi connectivity index (χ0n) is 12.4. The van der Waals surface area contributed by atoms with Crippen molar-refractivity contribution in [1.29, 1.82) is 0 Å². The molecule has 3 aliphatic rings. The average Bonchev–Trinajstić information content (AvgIpc) is 2.75. The molecule has 104 valence electrons. The Labute approximate surface area is 120 Å². The first-order valence-corrected chi connectivity index (χ1v) is 8.64. The molecule has 0 spiro atoms. The van der Waals surface area contributed by atoms with Crippen molar-refractivity contribution in [3.63, 3.8) is 0 Å². The van der Waals surface area contributed by atoms with Crippen LogP contribution in [-0.4, -0.2) is 6.16 Å². The van der Waals surface area contributed by atoms with E-state index in [4.69, 9.17) is 0 Å². The molecule has 2 fully saturated rings. The molecule has 3 rings (SSSR count). The van der Waals surface area contributed by atoms with Crippen LogP contribution in [0, 0.1) is 23.2 Å². The second kappa shape index (κ2) is 4.88. The van der Waals surface area contributed by atoms with Crippen LogP contribution in [-0.2, 0) is 0 Å². The summed E-state index contributed by atoms with van der Waals surface area (Å²) in [6, 6.07) is 0. The van der Waals surface area contributed by atoms with E-state index < -0.39 is 0 Å². The second-order valence-electron chi connectivity index (χ2n) is 7.29. The van der Waals surface area contributed by atoms with E-state index in [-0.39, 0.29) is 0 Å². The monoisotopic (exact) mass is 274 g/mol. The van der Waals surface area contributed by atoms with Crippen molar-refractivity contribution in [2.75, 3.05) is 6.16 Å². The molecule has 0 aromatic heterocycles. The molecule has 0 amide bonds. The molecule has 0 aromatic carbocycles. The third-order valence-electron chi connectivity index (χ3n) is 5.80. The van der Waals surface area contributed by atoms with E-state index in [1.807, 2.05) is 0 Å². The Bertz CT molecular complexity index is 452. The highest BCUT2D eigenvalue weighted by Crippen LogP contribution is 2.66. The largest absolute Gasteiger partial charge is 0.137 e. The lowest BCUT2D eigenvalue weighted by Gasteiger charge is -2.23. The first-order valence-electron chi connectivity index (χ1n) is 7.83. The molecule has 0 radical (unpaired) electrons. The smallest absolute Gasteiger partial charge is 0.00319 e. The molecule has 0 aromatic rings. The van der Waals surface area contributed by atoms with E-state index in [0.717, 1.165) is 24.2 Å². The Hall–Kier alpha value is -0.350. The molecule has 4 unspecified atom stereocenters. The molecule has 0 saturated heterocycles. The Morgan fingerprint density at radius 3 is 2.84 bits per heavy atom. The summed E-state index contributed by atoms with van der Waals surface area (Å²) in [6.45, 7) is 9.13. The van der Waals surface area contributed by atoms with E-state index in [1.165, 1.54) is 37.4 Å². The quantitative estimate of drug-likeness (QED) is 0.625. The third-order valence-corrected chi connectivity index (χ3v) is 6.13. The van der Waals surface area contributed by atoms with Gasteiger partial charge >= 0.3 is 0 Å². The van der Waals surface area contributed by atoms with E-state index in [1.54, 1.807) is 11.1 Å². The topological polar surface area (TPSA) is 0 Å². The van der Waals surface area contributed by atoms with E-state index >= 15 is 0 Å². The number of fused-ring (bicyclic) bond motifs is 1. The summed E-state index contributed by atoms with van der Waals surface area (Å²) in [5.41, 5.74) is 5.19. The van der Waals surface area contributed by atoms with Gasteiger partial charge in [0.2, 0.25) is 0 Å². The molecule has 1 heteroatoms. The lowest BCUT2D eigenvalue weighted by atomic mass is 9.81. The van der Waals surface area contributed by atoms with E-state index in [0.29, 0.717) is 5.41 Å². The van der Waals surface area contributed by atoms with Gasteiger partial charge in [-0.25, -0.2) is 0 Å². The maximum Gasteiger partial charge on any atom is -0.00319 e. The van der Waals surface area contributed by atoms with Crippen LogP contribution in [0.5, 0.6) is 0 Å². The van der Waals surface area contributed by atoms with Crippen molar-refractivity contribution < 1.29 is 0 Å². The summed E-state index contributed by atoms with van der Waals surface area (Å²) in [6.07, 6.45) is 12.6. The Morgan fingerprint density at radius 2 is 2.16 bits per heavy atom. The summed E-state index contributed by atoms with van der Waals surface area (Å²) >= 11 is 0. The van der Waals surface area contributed by atoms with Gasteiger partial charge in [0, 0.05) is 0 Å². The van der Waals surface area contributed by atoms with Crippen molar-refractivity contribution >= 4 is 9.24 Å². The SMILES string of the molecule is C=C1C=C(C2CCC3C(C2)C3(C)C)/C(=C\CCP)C1. The molecule has 0 bridgehead atoms. The minimum atomic E-state index is 0.634. The van der Waals surface area contributed by atoms with Gasteiger partial charge in [0.25, 0.3) is 0 Å². The maximum atomic E-state index is 4.19. The highest BCUT2D eigenvalue weighted by atomic mass is 31.0. The molecule has 0 heterocycles. The van der Waals surface area contributed by atoms with Crippen LogP contribution in [0.1, 0.15) is 46.0 Å². The van der Waals surface area contributed by atoms with Gasteiger partial charge < -0.3 is 0 Å². The number of hydrogen-bond donors (Lipinski definition) is 0. The third kappa shape index (κ3) is 2.38. The molecule has 0 nitrogen and oxygen atoms in total. The summed E-state index contributed by atoms with van der Waals surface area (Å²) in [5, 5.41) is 0. The standard InChI is InChI=1S/C18H27P/c1-12-9-13(5-4-8-19)15(10-12)14-6-7-16-17(11-14)18(16,2)3/h5,10,14,16-17H,1,4,6-9,11,19H2,2-3H3/b13-5-. The summed E-state index contributed by atoms with van der Waals surface area (Å²) in [5.74, 6) is 2.83. The molecule has 3 aliphatic carbocycles. The van der Waals surface area contributed by atoms with Crippen LogP contribution in [0.25, 0.3) is 0 Å². The highest BCUT2D eigenvalue weighted by molar-refractivity contribution is 7.16. The fraction of sp³-hybridized carbons (Fsp3) is 0.667. The van der Waals surface area contributed by atoms with Gasteiger partial charge in [0.15, 0.2) is 0 Å². The molecule has 0 N–H and O–H groups in total. The average molecular weight is 274 g/mol. The van der Waals surface area contributed by atoms with Gasteiger partial charge in [-0.3, -0.25) is 0 Å². The van der Waals surface area contributed by atoms with Crippen molar-refractivity contribution in [3.8, 4) is 0 Å². The van der Waals surface area contributed by atoms with Gasteiger partial charge in [-0.2, -0.15) is 0 Å². The van der Waals surface area contributed by atoms with Crippen molar-refractivity contribution in [2.45, 2.75) is 46.0 Å². The lowest BCUT2D eigenvalue weighted by Crippen LogP contribution is -2.11. The van der Waals surface area contributed by atoms with Crippen LogP contribution >= 0.6 is 9.24 Å². The molecule has 4 atom stereocenters. The normalized spacial score (nSPS) is 38.3. The van der Waals surface area contributed by atoms with Crippen LogP contribution in [0.2, 0.25) is 0 Å². The first-order chi connectivity index (χ1) is 9.04. The Kier molecular flexibility index (Phi) is 3.50. The number of allylic oxidation sites excluding steroid dienone is 5. The second-order valence-corrected chi connectivity index (χ2v) is 7.86. The Balaban J connectivity index is 1.74. The van der Waals surface area contributed by atoms with Gasteiger partial charge in [-0.15, -0.1) is 9.24 Å². The van der Waals surface area contributed by atoms with Gasteiger partial charge in [0.1, 0.15) is 0 Å². The van der Waals surface area contributed by atoms with Crippen LogP contribution in [0.4, 0.5) is 0 Å². The fourth-order valence-corrected chi connectivity index (χ4v) is 4.69. The van der Waals surface area contributed by atoms with E-state index in [9.17, 15) is 0 Å². The zero-order chi connectivity index (χ0) is 13.6. The van der Waals surface area contributed by atoms with Crippen molar-refractivity contribution in [1.82, 2.24) is 0 Å². The molecule has 19 heavy (non-hydrogen) atoms. The minimum absolute atomic E-state index is 0.634. The summed E-state index contributed by atoms with van der Waals surface area (Å²) in [7, 11) is 2.83. The highest BCUT2D eigenvalue weighted by Gasteiger charge is 2.59. The number of rotatable bonds is 3. The van der Waals surface area contributed by atoms with Gasteiger partial charge in [0.05, 0.1) is 0 Å². The predicted octanol–water partition coefficient (Wildman–Crippen LogP) is 5.14. The summed E-state index contributed by atoms with van der Waals surface area (Å²) < 4.78 is 0. The van der Waals surface area contributed by atoms with Crippen LogP contribution in [0.15, 0.2) is 35.5 Å². The predicted molar refractivity (Wildman–Crippen MR) is 87.2 cm³/mol. The lowest BCUT2D eigenvalue weighted by molar-refractivity contribution is 0.388. The first kappa shape index (κ1) is 13.6. The van der Waals surface area contributed by atoms with Crippen molar-refractivity contribution in [3.05, 3.63) is 35.5 Å². The van der Waals surface area contributed by atoms with Crippen molar-refractivity contribution in [2.24, 2.45) is 23.2 Å². The molecular formula is C18H27P. The fourth-order valence-electron chi connectivity index (χ4n) is 4.52. The van der Waals surface area contributed by atoms with Gasteiger partial charge in [-0.1, -0.05) is 38.2 Å².